The Kier molecular flexibility index (Phi) is 3.50. The van der Waals surface area contributed by atoms with Crippen molar-refractivity contribution in [2.75, 3.05) is 17.6 Å². The van der Waals surface area contributed by atoms with Crippen LogP contribution in [0.3, 0.4) is 0 Å². The van der Waals surface area contributed by atoms with Crippen molar-refractivity contribution in [3.8, 4) is 0 Å². The maximum absolute atomic E-state index is 5.78. The summed E-state index contributed by atoms with van der Waals surface area (Å²) in [6.45, 7) is 5.42. The summed E-state index contributed by atoms with van der Waals surface area (Å²) in [5.74, 6) is 2.27. The van der Waals surface area contributed by atoms with Crippen LogP contribution in [0, 0.1) is 5.41 Å². The first kappa shape index (κ1) is 12.1. The Balaban J connectivity index is 1.99. The second-order valence-corrected chi connectivity index (χ2v) is 5.36. The molecule has 0 unspecified atom stereocenters. The van der Waals surface area contributed by atoms with Crippen LogP contribution in [0.5, 0.6) is 0 Å². The quantitative estimate of drug-likeness (QED) is 0.822. The standard InChI is InChI=1S/C13H22N4/c1-3-5-11-16-10(14)8-12(17-11)15-9-13(2)6-4-7-13/h8H,3-7,9H2,1-2H3,(H3,14,15,16,17). The Labute approximate surface area is 103 Å². The number of hydrogen-bond acceptors (Lipinski definition) is 4. The largest absolute Gasteiger partial charge is 0.384 e. The first-order valence-electron chi connectivity index (χ1n) is 6.49. The smallest absolute Gasteiger partial charge is 0.133 e. The average Bonchev–Trinajstić information content (AvgIpc) is 2.23. The lowest BCUT2D eigenvalue weighted by atomic mass is 9.70. The van der Waals surface area contributed by atoms with E-state index in [1.165, 1.54) is 19.3 Å². The molecule has 0 bridgehead atoms. The number of aryl methyl sites for hydroxylation is 1. The van der Waals surface area contributed by atoms with Crippen molar-refractivity contribution in [1.82, 2.24) is 9.97 Å². The number of aromatic nitrogens is 2. The molecule has 0 saturated heterocycles. The van der Waals surface area contributed by atoms with Crippen LogP contribution in [0.4, 0.5) is 11.6 Å². The first-order chi connectivity index (χ1) is 8.11. The molecule has 0 amide bonds. The zero-order valence-corrected chi connectivity index (χ0v) is 10.8. The molecule has 17 heavy (non-hydrogen) atoms. The predicted molar refractivity (Wildman–Crippen MR) is 70.9 cm³/mol. The third-order valence-corrected chi connectivity index (χ3v) is 3.52. The SMILES string of the molecule is CCCc1nc(N)cc(NCC2(C)CCC2)n1. The summed E-state index contributed by atoms with van der Waals surface area (Å²) in [5.41, 5.74) is 6.23. The molecular formula is C13H22N4. The summed E-state index contributed by atoms with van der Waals surface area (Å²) < 4.78 is 0. The van der Waals surface area contributed by atoms with E-state index < -0.39 is 0 Å². The predicted octanol–water partition coefficient (Wildman–Crippen LogP) is 2.61. The Morgan fingerprint density at radius 3 is 2.76 bits per heavy atom. The van der Waals surface area contributed by atoms with Crippen molar-refractivity contribution >= 4 is 11.6 Å². The van der Waals surface area contributed by atoms with Gasteiger partial charge in [0, 0.05) is 19.0 Å². The third-order valence-electron chi connectivity index (χ3n) is 3.52. The van der Waals surface area contributed by atoms with Gasteiger partial charge in [-0.3, -0.25) is 0 Å². The maximum atomic E-state index is 5.78. The van der Waals surface area contributed by atoms with Crippen LogP contribution >= 0.6 is 0 Å². The van der Waals surface area contributed by atoms with Crippen LogP contribution in [0.25, 0.3) is 0 Å². The summed E-state index contributed by atoms with van der Waals surface area (Å²) in [4.78, 5) is 8.71. The van der Waals surface area contributed by atoms with Crippen LogP contribution in [-0.2, 0) is 6.42 Å². The van der Waals surface area contributed by atoms with E-state index in [9.17, 15) is 0 Å². The Bertz CT molecular complexity index is 385. The average molecular weight is 234 g/mol. The van der Waals surface area contributed by atoms with E-state index in [2.05, 4.69) is 29.1 Å². The van der Waals surface area contributed by atoms with Crippen LogP contribution in [0.1, 0.15) is 45.4 Å². The van der Waals surface area contributed by atoms with Gasteiger partial charge in [0.15, 0.2) is 0 Å². The zero-order chi connectivity index (χ0) is 12.3. The molecule has 1 aromatic rings. The minimum absolute atomic E-state index is 0.449. The second kappa shape index (κ2) is 4.90. The molecule has 0 radical (unpaired) electrons. The fraction of sp³-hybridized carbons (Fsp3) is 0.692. The van der Waals surface area contributed by atoms with Gasteiger partial charge in [0.2, 0.25) is 0 Å². The minimum atomic E-state index is 0.449. The maximum Gasteiger partial charge on any atom is 0.133 e. The Morgan fingerprint density at radius 1 is 1.41 bits per heavy atom. The molecule has 0 aromatic carbocycles. The number of nitrogens with two attached hydrogens (primary N) is 1. The van der Waals surface area contributed by atoms with Gasteiger partial charge in [0.1, 0.15) is 17.5 Å². The highest BCUT2D eigenvalue weighted by Crippen LogP contribution is 2.40. The van der Waals surface area contributed by atoms with Crippen LogP contribution in [-0.4, -0.2) is 16.5 Å². The fourth-order valence-corrected chi connectivity index (χ4v) is 2.20. The highest BCUT2D eigenvalue weighted by atomic mass is 15.1. The van der Waals surface area contributed by atoms with Gasteiger partial charge in [-0.2, -0.15) is 0 Å². The van der Waals surface area contributed by atoms with Gasteiger partial charge < -0.3 is 11.1 Å². The Hall–Kier alpha value is -1.32. The van der Waals surface area contributed by atoms with Crippen molar-refractivity contribution < 1.29 is 0 Å². The molecule has 1 aliphatic carbocycles. The lowest BCUT2D eigenvalue weighted by Crippen LogP contribution is -2.33. The van der Waals surface area contributed by atoms with Gasteiger partial charge in [-0.15, -0.1) is 0 Å². The molecule has 0 atom stereocenters. The molecule has 1 aromatic heterocycles. The molecular weight excluding hydrogens is 212 g/mol. The summed E-state index contributed by atoms with van der Waals surface area (Å²) in [6.07, 6.45) is 5.90. The molecule has 2 rings (SSSR count). The van der Waals surface area contributed by atoms with Crippen molar-refractivity contribution in [2.45, 2.75) is 46.0 Å². The van der Waals surface area contributed by atoms with Crippen molar-refractivity contribution in [3.05, 3.63) is 11.9 Å². The molecule has 94 valence electrons. The summed E-state index contributed by atoms with van der Waals surface area (Å²) in [6, 6.07) is 1.82. The minimum Gasteiger partial charge on any atom is -0.384 e. The molecule has 1 aliphatic rings. The number of rotatable bonds is 5. The Morgan fingerprint density at radius 2 is 2.18 bits per heavy atom. The number of hydrogen-bond donors (Lipinski definition) is 2. The number of nitrogen functional groups attached to an aromatic ring is 1. The van der Waals surface area contributed by atoms with Gasteiger partial charge in [0.25, 0.3) is 0 Å². The van der Waals surface area contributed by atoms with Crippen molar-refractivity contribution in [1.29, 1.82) is 0 Å². The molecule has 4 heteroatoms. The second-order valence-electron chi connectivity index (χ2n) is 5.36. The van der Waals surface area contributed by atoms with Gasteiger partial charge >= 0.3 is 0 Å². The van der Waals surface area contributed by atoms with Gasteiger partial charge in [-0.05, 0) is 24.7 Å². The van der Waals surface area contributed by atoms with Crippen molar-refractivity contribution in [3.63, 3.8) is 0 Å². The molecule has 4 nitrogen and oxygen atoms in total. The van der Waals surface area contributed by atoms with Crippen LogP contribution in [0.15, 0.2) is 6.07 Å². The molecule has 0 aliphatic heterocycles. The van der Waals surface area contributed by atoms with Gasteiger partial charge in [-0.1, -0.05) is 20.3 Å². The van der Waals surface area contributed by atoms with E-state index in [0.717, 1.165) is 31.0 Å². The van der Waals surface area contributed by atoms with Gasteiger partial charge in [0.05, 0.1) is 0 Å². The van der Waals surface area contributed by atoms with Crippen LogP contribution in [0.2, 0.25) is 0 Å². The normalized spacial score (nSPS) is 17.5. The number of nitrogens with one attached hydrogen (secondary N) is 1. The number of anilines is 2. The summed E-state index contributed by atoms with van der Waals surface area (Å²) in [5, 5.41) is 3.40. The van der Waals surface area contributed by atoms with Crippen LogP contribution < -0.4 is 11.1 Å². The fourth-order valence-electron chi connectivity index (χ4n) is 2.20. The van der Waals surface area contributed by atoms with E-state index in [1.54, 1.807) is 0 Å². The molecule has 3 N–H and O–H groups in total. The molecule has 0 spiro atoms. The van der Waals surface area contributed by atoms with E-state index in [1.807, 2.05) is 6.07 Å². The monoisotopic (exact) mass is 234 g/mol. The molecule has 1 saturated carbocycles. The first-order valence-corrected chi connectivity index (χ1v) is 6.49. The molecule has 1 heterocycles. The lowest BCUT2D eigenvalue weighted by molar-refractivity contribution is 0.180. The highest BCUT2D eigenvalue weighted by molar-refractivity contribution is 5.44. The van der Waals surface area contributed by atoms with Gasteiger partial charge in [-0.25, -0.2) is 9.97 Å². The van der Waals surface area contributed by atoms with E-state index in [4.69, 9.17) is 5.73 Å². The van der Waals surface area contributed by atoms with E-state index in [0.29, 0.717) is 11.2 Å². The number of nitrogens with zero attached hydrogens (tertiary/aromatic N) is 2. The summed E-state index contributed by atoms with van der Waals surface area (Å²) in [7, 11) is 0. The third kappa shape index (κ3) is 3.08. The topological polar surface area (TPSA) is 63.8 Å². The van der Waals surface area contributed by atoms with E-state index in [-0.39, 0.29) is 0 Å². The lowest BCUT2D eigenvalue weighted by Gasteiger charge is -2.38. The highest BCUT2D eigenvalue weighted by Gasteiger charge is 2.31. The molecule has 1 fully saturated rings. The summed E-state index contributed by atoms with van der Waals surface area (Å²) >= 11 is 0. The zero-order valence-electron chi connectivity index (χ0n) is 10.8. The van der Waals surface area contributed by atoms with E-state index >= 15 is 0 Å². The van der Waals surface area contributed by atoms with Crippen molar-refractivity contribution in [2.24, 2.45) is 5.41 Å².